The van der Waals surface area contributed by atoms with Gasteiger partial charge < -0.3 is 24.4 Å². The van der Waals surface area contributed by atoms with E-state index in [-0.39, 0.29) is 23.2 Å². The number of nitrogens with zero attached hydrogens (tertiary/aromatic N) is 1. The van der Waals surface area contributed by atoms with Crippen molar-refractivity contribution in [1.82, 2.24) is 10.2 Å². The van der Waals surface area contributed by atoms with Gasteiger partial charge in [-0.1, -0.05) is 0 Å². The molecule has 1 amide bonds. The molecule has 22 heavy (non-hydrogen) atoms. The van der Waals surface area contributed by atoms with Gasteiger partial charge in [-0.3, -0.25) is 9.59 Å². The molecule has 0 radical (unpaired) electrons. The molecule has 0 spiro atoms. The molecule has 1 saturated heterocycles. The van der Waals surface area contributed by atoms with Crippen LogP contribution in [0.15, 0.2) is 12.1 Å². The van der Waals surface area contributed by atoms with Crippen molar-refractivity contribution in [3.05, 3.63) is 17.7 Å². The van der Waals surface area contributed by atoms with E-state index in [1.54, 1.807) is 17.0 Å². The normalized spacial score (nSPS) is 14.4. The fraction of sp³-hybridized carbons (Fsp3) is 0.467. The number of ether oxygens (including phenoxy) is 3. The minimum absolute atomic E-state index is 0.104. The molecule has 2 rings (SSSR count). The van der Waals surface area contributed by atoms with E-state index in [0.717, 1.165) is 13.1 Å². The fourth-order valence-electron chi connectivity index (χ4n) is 2.30. The molecule has 1 aromatic rings. The molecule has 0 bridgehead atoms. The van der Waals surface area contributed by atoms with Crippen molar-refractivity contribution in [3.8, 4) is 17.2 Å². The predicted octanol–water partition coefficient (Wildman–Crippen LogP) is 0.674. The molecule has 7 nitrogen and oxygen atoms in total. The monoisotopic (exact) mass is 308 g/mol. The van der Waals surface area contributed by atoms with Gasteiger partial charge in [0.1, 0.15) is 0 Å². The second-order valence-corrected chi connectivity index (χ2v) is 4.85. The number of carbonyl (C=O) groups excluding carboxylic acids is 2. The van der Waals surface area contributed by atoms with Crippen LogP contribution >= 0.6 is 0 Å². The van der Waals surface area contributed by atoms with Gasteiger partial charge in [0, 0.05) is 38.7 Å². The summed E-state index contributed by atoms with van der Waals surface area (Å²) in [5.41, 5.74) is 0.437. The molecule has 0 unspecified atom stereocenters. The minimum atomic E-state index is -0.488. The lowest BCUT2D eigenvalue weighted by atomic mass is 10.1. The van der Waals surface area contributed by atoms with Crippen molar-refractivity contribution in [2.75, 3.05) is 40.4 Å². The van der Waals surface area contributed by atoms with Gasteiger partial charge in [-0.05, 0) is 12.1 Å². The van der Waals surface area contributed by atoms with Gasteiger partial charge >= 0.3 is 5.97 Å². The van der Waals surface area contributed by atoms with Crippen molar-refractivity contribution in [2.24, 2.45) is 0 Å². The second kappa shape index (κ2) is 7.13. The van der Waals surface area contributed by atoms with Crippen molar-refractivity contribution in [3.63, 3.8) is 0 Å². The highest BCUT2D eigenvalue weighted by molar-refractivity contribution is 5.96. The highest BCUT2D eigenvalue weighted by atomic mass is 16.6. The van der Waals surface area contributed by atoms with Gasteiger partial charge in [0.25, 0.3) is 5.91 Å². The van der Waals surface area contributed by atoms with Gasteiger partial charge in [-0.15, -0.1) is 0 Å². The van der Waals surface area contributed by atoms with Gasteiger partial charge in [-0.25, -0.2) is 0 Å². The quantitative estimate of drug-likeness (QED) is 0.651. The summed E-state index contributed by atoms with van der Waals surface area (Å²) in [5, 5.41) is 3.20. The number of nitrogens with one attached hydrogen (secondary N) is 1. The Morgan fingerprint density at radius 2 is 1.64 bits per heavy atom. The SMILES string of the molecule is COc1cc(C(=O)N2CCNCC2)cc(OC)c1OC(C)=O. The predicted molar refractivity (Wildman–Crippen MR) is 79.6 cm³/mol. The molecule has 1 aromatic carbocycles. The molecule has 1 N–H and O–H groups in total. The van der Waals surface area contributed by atoms with Crippen LogP contribution in [0.3, 0.4) is 0 Å². The van der Waals surface area contributed by atoms with Gasteiger partial charge in [0.2, 0.25) is 5.75 Å². The Morgan fingerprint density at radius 1 is 1.09 bits per heavy atom. The number of esters is 1. The molecule has 1 aliphatic rings. The van der Waals surface area contributed by atoms with E-state index in [2.05, 4.69) is 5.32 Å². The molecular formula is C15H20N2O5. The maximum absolute atomic E-state index is 12.5. The third kappa shape index (κ3) is 3.48. The fourth-order valence-corrected chi connectivity index (χ4v) is 2.30. The Kier molecular flexibility index (Phi) is 5.21. The Bertz CT molecular complexity index is 542. The van der Waals surface area contributed by atoms with Crippen molar-refractivity contribution in [2.45, 2.75) is 6.92 Å². The van der Waals surface area contributed by atoms with Crippen LogP contribution in [-0.2, 0) is 4.79 Å². The number of amides is 1. The number of methoxy groups -OCH3 is 2. The molecule has 0 aliphatic carbocycles. The first kappa shape index (κ1) is 16.1. The Hall–Kier alpha value is -2.28. The molecule has 0 aromatic heterocycles. The summed E-state index contributed by atoms with van der Waals surface area (Å²) < 4.78 is 15.6. The van der Waals surface area contributed by atoms with Crippen LogP contribution in [-0.4, -0.2) is 57.2 Å². The molecule has 1 heterocycles. The third-order valence-electron chi connectivity index (χ3n) is 3.36. The zero-order chi connectivity index (χ0) is 16.1. The van der Waals surface area contributed by atoms with E-state index in [1.807, 2.05) is 0 Å². The molecule has 0 atom stereocenters. The average Bonchev–Trinajstić information content (AvgIpc) is 2.54. The molecule has 1 fully saturated rings. The summed E-state index contributed by atoms with van der Waals surface area (Å²) in [6.07, 6.45) is 0. The highest BCUT2D eigenvalue weighted by Gasteiger charge is 2.23. The summed E-state index contributed by atoms with van der Waals surface area (Å²) >= 11 is 0. The van der Waals surface area contributed by atoms with Crippen LogP contribution < -0.4 is 19.5 Å². The molecule has 0 saturated carbocycles. The lowest BCUT2D eigenvalue weighted by molar-refractivity contribution is -0.132. The first-order valence-electron chi connectivity index (χ1n) is 7.01. The number of benzene rings is 1. The third-order valence-corrected chi connectivity index (χ3v) is 3.36. The van der Waals surface area contributed by atoms with Crippen LogP contribution in [0.25, 0.3) is 0 Å². The van der Waals surface area contributed by atoms with E-state index in [1.165, 1.54) is 21.1 Å². The molecule has 7 heteroatoms. The van der Waals surface area contributed by atoms with Gasteiger partial charge in [0.05, 0.1) is 14.2 Å². The van der Waals surface area contributed by atoms with E-state index < -0.39 is 5.97 Å². The Labute approximate surface area is 129 Å². The largest absolute Gasteiger partial charge is 0.493 e. The molecule has 120 valence electrons. The second-order valence-electron chi connectivity index (χ2n) is 4.85. The summed E-state index contributed by atoms with van der Waals surface area (Å²) in [4.78, 5) is 25.5. The zero-order valence-corrected chi connectivity index (χ0v) is 13.0. The van der Waals surface area contributed by atoms with Crippen LogP contribution in [0, 0.1) is 0 Å². The minimum Gasteiger partial charge on any atom is -0.493 e. The highest BCUT2D eigenvalue weighted by Crippen LogP contribution is 2.39. The van der Waals surface area contributed by atoms with Crippen LogP contribution in [0.2, 0.25) is 0 Å². The van der Waals surface area contributed by atoms with Crippen LogP contribution in [0.5, 0.6) is 17.2 Å². The lowest BCUT2D eigenvalue weighted by Crippen LogP contribution is -2.46. The van der Waals surface area contributed by atoms with E-state index in [4.69, 9.17) is 14.2 Å². The number of hydrogen-bond donors (Lipinski definition) is 1. The standard InChI is InChI=1S/C15H20N2O5/c1-10(18)22-14-12(20-2)8-11(9-13(14)21-3)15(19)17-6-4-16-5-7-17/h8-9,16H,4-7H2,1-3H3. The Morgan fingerprint density at radius 3 is 2.09 bits per heavy atom. The summed E-state index contributed by atoms with van der Waals surface area (Å²) in [6.45, 7) is 4.13. The Balaban J connectivity index is 2.36. The smallest absolute Gasteiger partial charge is 0.308 e. The van der Waals surface area contributed by atoms with Gasteiger partial charge in [-0.2, -0.15) is 0 Å². The zero-order valence-electron chi connectivity index (χ0n) is 13.0. The van der Waals surface area contributed by atoms with Crippen molar-refractivity contribution < 1.29 is 23.8 Å². The molecular weight excluding hydrogens is 288 g/mol. The van der Waals surface area contributed by atoms with Crippen LogP contribution in [0.4, 0.5) is 0 Å². The van der Waals surface area contributed by atoms with E-state index >= 15 is 0 Å². The van der Waals surface area contributed by atoms with Crippen LogP contribution in [0.1, 0.15) is 17.3 Å². The number of piperazine rings is 1. The first-order valence-corrected chi connectivity index (χ1v) is 7.01. The number of carbonyl (C=O) groups is 2. The van der Waals surface area contributed by atoms with Gasteiger partial charge in [0.15, 0.2) is 11.5 Å². The van der Waals surface area contributed by atoms with E-state index in [0.29, 0.717) is 18.7 Å². The summed E-state index contributed by atoms with van der Waals surface area (Å²) in [7, 11) is 2.89. The van der Waals surface area contributed by atoms with E-state index in [9.17, 15) is 9.59 Å². The maximum Gasteiger partial charge on any atom is 0.308 e. The maximum atomic E-state index is 12.5. The first-order chi connectivity index (χ1) is 10.6. The summed E-state index contributed by atoms with van der Waals surface area (Å²) in [6, 6.07) is 3.12. The number of rotatable bonds is 4. The summed E-state index contributed by atoms with van der Waals surface area (Å²) in [5.74, 6) is 0.153. The van der Waals surface area contributed by atoms with Crippen molar-refractivity contribution in [1.29, 1.82) is 0 Å². The van der Waals surface area contributed by atoms with Crippen molar-refractivity contribution >= 4 is 11.9 Å². The number of hydrogen-bond acceptors (Lipinski definition) is 6. The molecule has 1 aliphatic heterocycles. The average molecular weight is 308 g/mol. The topological polar surface area (TPSA) is 77.1 Å². The lowest BCUT2D eigenvalue weighted by Gasteiger charge is -2.27.